The maximum Gasteiger partial charge on any atom is 0.408 e. The van der Waals surface area contributed by atoms with Gasteiger partial charge in [-0.2, -0.15) is 0 Å². The van der Waals surface area contributed by atoms with Gasteiger partial charge in [-0.05, 0) is 63.8 Å². The molecule has 230 valence electrons. The Bertz CT molecular complexity index is 1410. The number of allylic oxidation sites excluding steroid dienone is 1. The van der Waals surface area contributed by atoms with Gasteiger partial charge in [-0.15, -0.1) is 0 Å². The number of alkyl carbamates (subject to hydrolysis) is 1. The van der Waals surface area contributed by atoms with E-state index in [1.54, 1.807) is 32.9 Å². The van der Waals surface area contributed by atoms with E-state index >= 15 is 0 Å². The van der Waals surface area contributed by atoms with Gasteiger partial charge in [-0.1, -0.05) is 42.5 Å². The van der Waals surface area contributed by atoms with Crippen molar-refractivity contribution in [1.29, 1.82) is 0 Å². The van der Waals surface area contributed by atoms with Gasteiger partial charge >= 0.3 is 18.0 Å². The summed E-state index contributed by atoms with van der Waals surface area (Å²) in [4.78, 5) is 61.4. The van der Waals surface area contributed by atoms with Crippen LogP contribution in [-0.2, 0) is 30.3 Å². The van der Waals surface area contributed by atoms with Crippen molar-refractivity contribution >= 4 is 35.4 Å². The number of fused-ring (bicyclic) bond motifs is 1. The molecule has 0 radical (unpaired) electrons. The molecular weight excluding hydrogens is 554 g/mol. The van der Waals surface area contributed by atoms with E-state index in [9.17, 15) is 24.0 Å². The van der Waals surface area contributed by atoms with E-state index in [1.807, 2.05) is 36.4 Å². The third kappa shape index (κ3) is 9.42. The first-order valence-corrected chi connectivity index (χ1v) is 14.0. The number of esters is 2. The van der Waals surface area contributed by atoms with Gasteiger partial charge in [0.1, 0.15) is 17.7 Å². The molecule has 3 atom stereocenters. The molecule has 0 bridgehead atoms. The summed E-state index contributed by atoms with van der Waals surface area (Å²) in [5, 5.41) is 7.91. The van der Waals surface area contributed by atoms with E-state index < -0.39 is 47.5 Å². The van der Waals surface area contributed by atoms with Crippen LogP contribution in [0.15, 0.2) is 48.5 Å². The van der Waals surface area contributed by atoms with Gasteiger partial charge in [0.05, 0.1) is 0 Å². The number of rotatable bonds is 9. The number of amides is 3. The van der Waals surface area contributed by atoms with Crippen molar-refractivity contribution in [3.63, 3.8) is 0 Å². The first-order valence-electron chi connectivity index (χ1n) is 14.0. The lowest BCUT2D eigenvalue weighted by Crippen LogP contribution is -2.52. The molecule has 0 spiro atoms. The van der Waals surface area contributed by atoms with Gasteiger partial charge in [-0.3, -0.25) is 19.2 Å². The quantitative estimate of drug-likeness (QED) is 0.294. The fraction of sp³-hybridized carbons (Fsp3) is 0.406. The second kappa shape index (κ2) is 14.0. The molecule has 0 aliphatic heterocycles. The van der Waals surface area contributed by atoms with Crippen LogP contribution in [0.1, 0.15) is 71.1 Å². The first-order chi connectivity index (χ1) is 20.1. The summed E-state index contributed by atoms with van der Waals surface area (Å²) in [6.07, 6.45) is 1.76. The number of hydrogen-bond acceptors (Lipinski definition) is 8. The average molecular weight is 594 g/mol. The molecule has 11 nitrogen and oxygen atoms in total. The molecule has 1 aliphatic rings. The summed E-state index contributed by atoms with van der Waals surface area (Å²) in [5.41, 5.74) is 2.44. The van der Waals surface area contributed by atoms with Crippen molar-refractivity contribution in [3.8, 4) is 11.5 Å². The number of benzene rings is 2. The van der Waals surface area contributed by atoms with Crippen LogP contribution in [0.2, 0.25) is 0 Å². The molecule has 1 unspecified atom stereocenters. The van der Waals surface area contributed by atoms with Crippen molar-refractivity contribution < 1.29 is 38.2 Å². The van der Waals surface area contributed by atoms with Gasteiger partial charge in [0.25, 0.3) is 0 Å². The SMILES string of the molecule is CC(=O)Oc1ccc2c(c1OC(C)=O)CC(c1ccccc1)C=C2CNC(=O)[C@H](C)NC(=O)[C@H](C)NC(=O)OC(C)(C)C. The minimum Gasteiger partial charge on any atom is -0.444 e. The molecule has 0 heterocycles. The Morgan fingerprint density at radius 1 is 0.860 bits per heavy atom. The molecule has 3 rings (SSSR count). The largest absolute Gasteiger partial charge is 0.444 e. The molecule has 11 heteroatoms. The maximum atomic E-state index is 13.0. The highest BCUT2D eigenvalue weighted by Crippen LogP contribution is 2.43. The predicted molar refractivity (Wildman–Crippen MR) is 159 cm³/mol. The normalized spacial score (nSPS) is 15.5. The summed E-state index contributed by atoms with van der Waals surface area (Å²) in [6.45, 7) is 10.8. The summed E-state index contributed by atoms with van der Waals surface area (Å²) >= 11 is 0. The van der Waals surface area contributed by atoms with Gasteiger partial charge < -0.3 is 30.2 Å². The Morgan fingerprint density at radius 3 is 2.09 bits per heavy atom. The van der Waals surface area contributed by atoms with Crippen LogP contribution in [0.25, 0.3) is 5.57 Å². The third-order valence-electron chi connectivity index (χ3n) is 6.46. The van der Waals surface area contributed by atoms with Gasteiger partial charge in [0.2, 0.25) is 11.8 Å². The molecule has 0 fully saturated rings. The lowest BCUT2D eigenvalue weighted by atomic mass is 9.80. The van der Waals surface area contributed by atoms with Crippen LogP contribution in [0.3, 0.4) is 0 Å². The van der Waals surface area contributed by atoms with E-state index in [0.717, 1.165) is 16.7 Å². The minimum atomic E-state index is -0.934. The van der Waals surface area contributed by atoms with E-state index in [-0.39, 0.29) is 24.0 Å². The lowest BCUT2D eigenvalue weighted by molar-refractivity contribution is -0.134. The number of nitrogens with one attached hydrogen (secondary N) is 3. The molecule has 43 heavy (non-hydrogen) atoms. The minimum absolute atomic E-state index is 0.105. The first kappa shape index (κ1) is 32.8. The molecular formula is C32H39N3O8. The van der Waals surface area contributed by atoms with E-state index in [0.29, 0.717) is 12.0 Å². The van der Waals surface area contributed by atoms with Crippen LogP contribution in [0.5, 0.6) is 11.5 Å². The molecule has 3 N–H and O–H groups in total. The zero-order valence-corrected chi connectivity index (χ0v) is 25.5. The number of carbonyl (C=O) groups excluding carboxylic acids is 5. The monoisotopic (exact) mass is 593 g/mol. The Morgan fingerprint density at radius 2 is 1.49 bits per heavy atom. The van der Waals surface area contributed by atoms with Crippen LogP contribution >= 0.6 is 0 Å². The third-order valence-corrected chi connectivity index (χ3v) is 6.46. The summed E-state index contributed by atoms with van der Waals surface area (Å²) in [6, 6.07) is 11.2. The topological polar surface area (TPSA) is 149 Å². The zero-order chi connectivity index (χ0) is 31.9. The van der Waals surface area contributed by atoms with Crippen molar-refractivity contribution in [2.24, 2.45) is 0 Å². The van der Waals surface area contributed by atoms with E-state index in [2.05, 4.69) is 16.0 Å². The summed E-state index contributed by atoms with van der Waals surface area (Å²) in [7, 11) is 0. The molecule has 0 saturated carbocycles. The summed E-state index contributed by atoms with van der Waals surface area (Å²) in [5.74, 6) is -1.96. The van der Waals surface area contributed by atoms with Crippen LogP contribution < -0.4 is 25.4 Å². The van der Waals surface area contributed by atoms with E-state index in [4.69, 9.17) is 14.2 Å². The standard InChI is InChI=1S/C32H39N3O8/c1-18(34-30(39)19(2)35-31(40)43-32(5,6)7)29(38)33-17-24-15-23(22-11-9-8-10-12-22)16-26-25(24)13-14-27(41-20(3)36)28(26)42-21(4)37/h8-15,18-19,23H,16-17H2,1-7H3,(H,33,38)(H,34,39)(H,35,40)/t18-,19-,23?/m0/s1. The fourth-order valence-electron chi connectivity index (χ4n) is 4.57. The number of carbonyl (C=O) groups is 5. The second-order valence-electron chi connectivity index (χ2n) is 11.3. The number of hydrogen-bond donors (Lipinski definition) is 3. The highest BCUT2D eigenvalue weighted by molar-refractivity contribution is 5.91. The smallest absolute Gasteiger partial charge is 0.408 e. The molecule has 2 aromatic carbocycles. The van der Waals surface area contributed by atoms with Gasteiger partial charge in [0, 0.05) is 31.9 Å². The lowest BCUT2D eigenvalue weighted by Gasteiger charge is -2.28. The van der Waals surface area contributed by atoms with Crippen LogP contribution in [-0.4, -0.2) is 54.1 Å². The summed E-state index contributed by atoms with van der Waals surface area (Å²) < 4.78 is 16.1. The van der Waals surface area contributed by atoms with Crippen LogP contribution in [0, 0.1) is 0 Å². The molecule has 2 aromatic rings. The molecule has 0 saturated heterocycles. The van der Waals surface area contributed by atoms with E-state index in [1.165, 1.54) is 27.7 Å². The van der Waals surface area contributed by atoms with Crippen LogP contribution in [0.4, 0.5) is 4.79 Å². The molecule has 3 amide bonds. The Balaban J connectivity index is 1.80. The highest BCUT2D eigenvalue weighted by atomic mass is 16.6. The Kier molecular flexibility index (Phi) is 10.7. The van der Waals surface area contributed by atoms with Crippen molar-refractivity contribution in [2.45, 2.75) is 78.5 Å². The van der Waals surface area contributed by atoms with Crippen molar-refractivity contribution in [1.82, 2.24) is 16.0 Å². The fourth-order valence-corrected chi connectivity index (χ4v) is 4.57. The molecule has 1 aliphatic carbocycles. The second-order valence-corrected chi connectivity index (χ2v) is 11.3. The van der Waals surface area contributed by atoms with Crippen molar-refractivity contribution in [2.75, 3.05) is 6.54 Å². The number of ether oxygens (including phenoxy) is 3. The highest BCUT2D eigenvalue weighted by Gasteiger charge is 2.29. The van der Waals surface area contributed by atoms with Gasteiger partial charge in [0.15, 0.2) is 11.5 Å². The Hall–Kier alpha value is -4.67. The zero-order valence-electron chi connectivity index (χ0n) is 25.5. The van der Waals surface area contributed by atoms with Crippen molar-refractivity contribution in [3.05, 3.63) is 65.2 Å². The maximum absolute atomic E-state index is 13.0. The predicted octanol–water partition coefficient (Wildman–Crippen LogP) is 3.79. The average Bonchev–Trinajstić information content (AvgIpc) is 2.91. The van der Waals surface area contributed by atoms with Gasteiger partial charge in [-0.25, -0.2) is 4.79 Å². The molecule has 0 aromatic heterocycles. The Labute approximate surface area is 251 Å².